The van der Waals surface area contributed by atoms with Crippen molar-refractivity contribution in [1.29, 1.82) is 0 Å². The highest BCUT2D eigenvalue weighted by Crippen LogP contribution is 2.64. The molecule has 2 aromatic rings. The molecule has 0 aromatic carbocycles. The minimum atomic E-state index is -0.102. The van der Waals surface area contributed by atoms with E-state index in [9.17, 15) is 4.79 Å². The van der Waals surface area contributed by atoms with Crippen molar-refractivity contribution in [2.45, 2.75) is 70.4 Å². The van der Waals surface area contributed by atoms with Gasteiger partial charge in [0.15, 0.2) is 5.65 Å². The summed E-state index contributed by atoms with van der Waals surface area (Å²) >= 11 is 0. The Morgan fingerprint density at radius 3 is 2.73 bits per heavy atom. The minimum absolute atomic E-state index is 0.0564. The largest absolute Gasteiger partial charge is 0.373 e. The lowest BCUT2D eigenvalue weighted by Gasteiger charge is -2.61. The molecular formula is C26H33N5O2. The number of rotatable bonds is 3. The minimum Gasteiger partial charge on any atom is -0.373 e. The average Bonchev–Trinajstić information content (AvgIpc) is 3.28. The third kappa shape index (κ3) is 2.87. The van der Waals surface area contributed by atoms with Crippen molar-refractivity contribution in [2.75, 3.05) is 11.9 Å². The molecule has 4 bridgehead atoms. The fraction of sp³-hybridized carbons (Fsp3) is 0.654. The fourth-order valence-corrected chi connectivity index (χ4v) is 8.45. The fourth-order valence-electron chi connectivity index (χ4n) is 8.45. The molecule has 33 heavy (non-hydrogen) atoms. The zero-order chi connectivity index (χ0) is 22.5. The summed E-state index contributed by atoms with van der Waals surface area (Å²) in [5.74, 6) is 2.44. The highest BCUT2D eigenvalue weighted by Gasteiger charge is 2.57. The number of ether oxygens (including phenoxy) is 1. The van der Waals surface area contributed by atoms with Crippen LogP contribution in [0.25, 0.3) is 11.2 Å². The van der Waals surface area contributed by atoms with Gasteiger partial charge in [-0.05, 0) is 74.7 Å². The first-order valence-electron chi connectivity index (χ1n) is 12.6. The Morgan fingerprint density at radius 2 is 1.97 bits per heavy atom. The van der Waals surface area contributed by atoms with Crippen LogP contribution in [0.1, 0.15) is 58.8 Å². The van der Waals surface area contributed by atoms with Crippen molar-refractivity contribution in [2.24, 2.45) is 30.2 Å². The normalized spacial score (nSPS) is 39.0. The predicted octanol–water partition coefficient (Wildman–Crippen LogP) is 4.11. The molecule has 0 amide bonds. The van der Waals surface area contributed by atoms with Crippen LogP contribution in [0.5, 0.6) is 0 Å². The molecule has 4 unspecified atom stereocenters. The molecule has 4 saturated carbocycles. The summed E-state index contributed by atoms with van der Waals surface area (Å²) in [4.78, 5) is 23.2. The first-order chi connectivity index (χ1) is 15.8. The van der Waals surface area contributed by atoms with E-state index >= 15 is 0 Å². The van der Waals surface area contributed by atoms with Crippen LogP contribution in [0.4, 0.5) is 5.95 Å². The SMILES string of the molecule is CC1=CC2OCCC2C=C1Nc1ncc2c(n1)n(C13CC4CC(CC(C)(C4)C1)C3)c(=O)n2C. The Morgan fingerprint density at radius 1 is 1.18 bits per heavy atom. The first-order valence-corrected chi connectivity index (χ1v) is 12.6. The van der Waals surface area contributed by atoms with E-state index in [1.54, 1.807) is 4.57 Å². The first kappa shape index (κ1) is 20.0. The monoisotopic (exact) mass is 447 g/mol. The molecule has 174 valence electrons. The van der Waals surface area contributed by atoms with E-state index in [0.717, 1.165) is 66.6 Å². The van der Waals surface area contributed by atoms with Crippen LogP contribution in [0.3, 0.4) is 0 Å². The quantitative estimate of drug-likeness (QED) is 0.767. The molecule has 1 N–H and O–H groups in total. The molecule has 6 aliphatic rings. The maximum atomic E-state index is 13.6. The van der Waals surface area contributed by atoms with Crippen LogP contribution in [0, 0.1) is 23.2 Å². The van der Waals surface area contributed by atoms with Gasteiger partial charge in [0.05, 0.1) is 17.8 Å². The molecule has 3 heterocycles. The van der Waals surface area contributed by atoms with Gasteiger partial charge in [-0.15, -0.1) is 0 Å². The molecular weight excluding hydrogens is 414 g/mol. The predicted molar refractivity (Wildman–Crippen MR) is 127 cm³/mol. The van der Waals surface area contributed by atoms with Gasteiger partial charge in [-0.3, -0.25) is 9.13 Å². The van der Waals surface area contributed by atoms with Gasteiger partial charge < -0.3 is 10.1 Å². The second kappa shape index (κ2) is 6.59. The maximum absolute atomic E-state index is 13.6. The molecule has 0 radical (unpaired) electrons. The van der Waals surface area contributed by atoms with Crippen molar-refractivity contribution < 1.29 is 4.74 Å². The summed E-state index contributed by atoms with van der Waals surface area (Å²) in [6.45, 7) is 5.36. The molecule has 1 saturated heterocycles. The van der Waals surface area contributed by atoms with Crippen molar-refractivity contribution in [3.8, 4) is 0 Å². The maximum Gasteiger partial charge on any atom is 0.330 e. The van der Waals surface area contributed by atoms with Gasteiger partial charge in [0.25, 0.3) is 0 Å². The van der Waals surface area contributed by atoms with Gasteiger partial charge in [0.2, 0.25) is 5.95 Å². The Balaban J connectivity index is 1.31. The molecule has 7 nitrogen and oxygen atoms in total. The summed E-state index contributed by atoms with van der Waals surface area (Å²) in [5.41, 5.74) is 4.12. The molecule has 5 aliphatic carbocycles. The molecule has 1 aliphatic heterocycles. The summed E-state index contributed by atoms with van der Waals surface area (Å²) in [5, 5.41) is 3.46. The average molecular weight is 448 g/mol. The topological polar surface area (TPSA) is 74.0 Å². The number of imidazole rings is 1. The molecule has 2 aromatic heterocycles. The van der Waals surface area contributed by atoms with Crippen LogP contribution in [0.15, 0.2) is 34.4 Å². The van der Waals surface area contributed by atoms with Crippen LogP contribution in [0.2, 0.25) is 0 Å². The van der Waals surface area contributed by atoms with Crippen molar-refractivity contribution in [3.63, 3.8) is 0 Å². The number of nitrogens with zero attached hydrogens (tertiary/aromatic N) is 4. The Labute approximate surface area is 193 Å². The number of allylic oxidation sites excluding steroid dienone is 1. The third-order valence-electron chi connectivity index (χ3n) is 9.25. The third-order valence-corrected chi connectivity index (χ3v) is 9.25. The number of hydrogen-bond donors (Lipinski definition) is 1. The molecule has 5 fully saturated rings. The van der Waals surface area contributed by atoms with Gasteiger partial charge in [-0.1, -0.05) is 19.1 Å². The van der Waals surface area contributed by atoms with E-state index in [4.69, 9.17) is 9.72 Å². The van der Waals surface area contributed by atoms with E-state index in [1.165, 1.54) is 19.3 Å². The summed E-state index contributed by atoms with van der Waals surface area (Å²) in [6, 6.07) is 0. The smallest absolute Gasteiger partial charge is 0.330 e. The number of aromatic nitrogens is 4. The summed E-state index contributed by atoms with van der Waals surface area (Å²) in [6.07, 6.45) is 14.8. The molecule has 0 spiro atoms. The molecule has 7 heteroatoms. The van der Waals surface area contributed by atoms with Crippen molar-refractivity contribution in [1.82, 2.24) is 19.1 Å². The lowest BCUT2D eigenvalue weighted by atomic mass is 9.47. The number of hydrogen-bond acceptors (Lipinski definition) is 5. The number of anilines is 1. The number of fused-ring (bicyclic) bond motifs is 2. The van der Waals surface area contributed by atoms with E-state index in [2.05, 4.69) is 40.9 Å². The van der Waals surface area contributed by atoms with Crippen molar-refractivity contribution >= 4 is 17.1 Å². The number of aryl methyl sites for hydroxylation is 1. The Kier molecular flexibility index (Phi) is 3.99. The van der Waals surface area contributed by atoms with Gasteiger partial charge in [0.1, 0.15) is 5.52 Å². The highest BCUT2D eigenvalue weighted by molar-refractivity contribution is 5.73. The standard InChI is InChI=1S/C26H33N5O2/c1-15-6-21-18(4-5-33-21)8-19(15)28-23-27-13-20-22(29-23)31(24(32)30(20)3)26-11-16-7-17(12-26)10-25(2,9-16)14-26/h6,8,13,16-18,21H,4-5,7,9-12,14H2,1-3H3,(H,27,28,29). The number of nitrogens with one attached hydrogen (secondary N) is 1. The van der Waals surface area contributed by atoms with E-state index < -0.39 is 0 Å². The Bertz CT molecular complexity index is 1270. The molecule has 8 rings (SSSR count). The van der Waals surface area contributed by atoms with E-state index in [1.807, 2.05) is 13.2 Å². The zero-order valence-electron chi connectivity index (χ0n) is 19.8. The summed E-state index contributed by atoms with van der Waals surface area (Å²) < 4.78 is 9.63. The van der Waals surface area contributed by atoms with Crippen LogP contribution in [-0.4, -0.2) is 31.8 Å². The zero-order valence-corrected chi connectivity index (χ0v) is 19.8. The highest BCUT2D eigenvalue weighted by atomic mass is 16.5. The second-order valence-corrected chi connectivity index (χ2v) is 11.9. The van der Waals surface area contributed by atoms with Crippen molar-refractivity contribution in [3.05, 3.63) is 40.1 Å². The van der Waals surface area contributed by atoms with Crippen LogP contribution in [-0.2, 0) is 17.3 Å². The van der Waals surface area contributed by atoms with Crippen LogP contribution < -0.4 is 11.0 Å². The van der Waals surface area contributed by atoms with Gasteiger partial charge in [-0.2, -0.15) is 4.98 Å². The van der Waals surface area contributed by atoms with Gasteiger partial charge >= 0.3 is 5.69 Å². The lowest BCUT2D eigenvalue weighted by molar-refractivity contribution is -0.0922. The Hall–Kier alpha value is -2.41. The summed E-state index contributed by atoms with van der Waals surface area (Å²) in [7, 11) is 1.86. The lowest BCUT2D eigenvalue weighted by Crippen LogP contribution is -2.57. The van der Waals surface area contributed by atoms with Gasteiger partial charge in [0, 0.05) is 25.3 Å². The van der Waals surface area contributed by atoms with E-state index in [-0.39, 0.29) is 17.3 Å². The second-order valence-electron chi connectivity index (χ2n) is 11.9. The van der Waals surface area contributed by atoms with E-state index in [0.29, 0.717) is 17.3 Å². The van der Waals surface area contributed by atoms with Gasteiger partial charge in [-0.25, -0.2) is 9.78 Å². The molecule has 4 atom stereocenters. The van der Waals surface area contributed by atoms with Crippen LogP contribution >= 0.6 is 0 Å².